The zero-order chi connectivity index (χ0) is 22.8. The molecular weight excluding hydrogens is 440 g/mol. The Kier molecular flexibility index (Phi) is 6.73. The fourth-order valence-corrected chi connectivity index (χ4v) is 5.64. The van der Waals surface area contributed by atoms with Crippen molar-refractivity contribution >= 4 is 25.8 Å². The molecule has 0 spiro atoms. The van der Waals surface area contributed by atoms with Crippen molar-refractivity contribution in [1.29, 1.82) is 0 Å². The summed E-state index contributed by atoms with van der Waals surface area (Å²) in [6.45, 7) is 2.69. The monoisotopic (exact) mass is 466 g/mol. The van der Waals surface area contributed by atoms with Gasteiger partial charge >= 0.3 is 0 Å². The van der Waals surface area contributed by atoms with Gasteiger partial charge in [-0.15, -0.1) is 0 Å². The quantitative estimate of drug-likeness (QED) is 0.671. The molecule has 0 aliphatic carbocycles. The van der Waals surface area contributed by atoms with Gasteiger partial charge in [0.1, 0.15) is 5.75 Å². The van der Waals surface area contributed by atoms with E-state index in [0.717, 1.165) is 19.1 Å². The first-order chi connectivity index (χ1) is 14.5. The van der Waals surface area contributed by atoms with E-state index in [1.165, 1.54) is 41.7 Å². The fraction of sp³-hybridized carbons (Fsp3) is 0.381. The summed E-state index contributed by atoms with van der Waals surface area (Å²) in [6, 6.07) is 10.0. The van der Waals surface area contributed by atoms with Gasteiger partial charge in [-0.25, -0.2) is 16.8 Å². The van der Waals surface area contributed by atoms with Crippen LogP contribution in [0.4, 0.5) is 0 Å². The van der Waals surface area contributed by atoms with Gasteiger partial charge in [0.2, 0.25) is 10.0 Å². The lowest BCUT2D eigenvalue weighted by molar-refractivity contribution is 0.0936. The van der Waals surface area contributed by atoms with Crippen LogP contribution < -0.4 is 10.1 Å². The summed E-state index contributed by atoms with van der Waals surface area (Å²) in [6.07, 6.45) is 2.76. The number of rotatable bonds is 7. The highest BCUT2D eigenvalue weighted by Crippen LogP contribution is 2.27. The molecule has 1 aliphatic heterocycles. The summed E-state index contributed by atoms with van der Waals surface area (Å²) in [5, 5.41) is 2.82. The molecule has 0 radical (unpaired) electrons. The van der Waals surface area contributed by atoms with E-state index in [-0.39, 0.29) is 21.1 Å². The van der Waals surface area contributed by atoms with E-state index in [4.69, 9.17) is 4.74 Å². The second-order valence-corrected chi connectivity index (χ2v) is 11.5. The molecular formula is C21H26N2O6S2. The van der Waals surface area contributed by atoms with Gasteiger partial charge in [-0.3, -0.25) is 4.79 Å². The third-order valence-corrected chi connectivity index (χ3v) is 8.30. The van der Waals surface area contributed by atoms with E-state index in [2.05, 4.69) is 5.32 Å². The molecule has 1 atom stereocenters. The van der Waals surface area contributed by atoms with E-state index >= 15 is 0 Å². The Labute approximate surface area is 183 Å². The lowest BCUT2D eigenvalue weighted by atomic mass is 10.1. The van der Waals surface area contributed by atoms with Gasteiger partial charge in [0.15, 0.2) is 9.84 Å². The smallest absolute Gasteiger partial charge is 0.255 e. The Bertz CT molecular complexity index is 1170. The summed E-state index contributed by atoms with van der Waals surface area (Å²) in [7, 11) is -5.58. The van der Waals surface area contributed by atoms with Crippen molar-refractivity contribution < 1.29 is 26.4 Å². The van der Waals surface area contributed by atoms with E-state index < -0.39 is 31.8 Å². The molecule has 2 aromatic rings. The highest BCUT2D eigenvalue weighted by atomic mass is 32.2. The molecule has 31 heavy (non-hydrogen) atoms. The Balaban J connectivity index is 1.85. The predicted octanol–water partition coefficient (Wildman–Crippen LogP) is 2.37. The number of nitrogens with zero attached hydrogens (tertiary/aromatic N) is 1. The van der Waals surface area contributed by atoms with Crippen LogP contribution in [0.25, 0.3) is 0 Å². The minimum atomic E-state index is -3.68. The highest BCUT2D eigenvalue weighted by Gasteiger charge is 2.29. The summed E-state index contributed by atoms with van der Waals surface area (Å²) in [4.78, 5) is 13.2. The van der Waals surface area contributed by atoms with Gasteiger partial charge in [0.25, 0.3) is 5.91 Å². The molecule has 1 fully saturated rings. The largest absolute Gasteiger partial charge is 0.496 e. The number of ether oxygens (including phenoxy) is 1. The topological polar surface area (TPSA) is 110 Å². The average Bonchev–Trinajstić information content (AvgIpc) is 3.28. The molecule has 1 heterocycles. The number of nitrogens with one attached hydrogen (secondary N) is 1. The molecule has 0 aromatic heterocycles. The number of hydrogen-bond donors (Lipinski definition) is 1. The molecule has 0 unspecified atom stereocenters. The van der Waals surface area contributed by atoms with Crippen LogP contribution in [0.2, 0.25) is 0 Å². The SMILES string of the molecule is COc1ccc(S(=O)(=O)N2CCCC2)cc1C(=O)N[C@@H](C)c1ccc(S(C)(=O)=O)cc1. The first kappa shape index (κ1) is 23.2. The van der Waals surface area contributed by atoms with Gasteiger partial charge < -0.3 is 10.1 Å². The fourth-order valence-electron chi connectivity index (χ4n) is 3.46. The molecule has 1 N–H and O–H groups in total. The first-order valence-electron chi connectivity index (χ1n) is 9.83. The molecule has 0 bridgehead atoms. The molecule has 1 amide bonds. The third-order valence-electron chi connectivity index (χ3n) is 5.27. The summed E-state index contributed by atoms with van der Waals surface area (Å²) in [5.41, 5.74) is 0.822. The van der Waals surface area contributed by atoms with Crippen LogP contribution in [0.3, 0.4) is 0 Å². The van der Waals surface area contributed by atoms with Crippen LogP contribution in [-0.2, 0) is 19.9 Å². The van der Waals surface area contributed by atoms with Crippen molar-refractivity contribution in [3.8, 4) is 5.75 Å². The van der Waals surface area contributed by atoms with Crippen LogP contribution in [0, 0.1) is 0 Å². The normalized spacial score (nSPS) is 16.1. The minimum absolute atomic E-state index is 0.0468. The molecule has 2 aromatic carbocycles. The van der Waals surface area contributed by atoms with Crippen molar-refractivity contribution in [1.82, 2.24) is 9.62 Å². The molecule has 1 aliphatic rings. The molecule has 0 saturated carbocycles. The molecule has 3 rings (SSSR count). The van der Waals surface area contributed by atoms with Crippen molar-refractivity contribution in [3.63, 3.8) is 0 Å². The summed E-state index contributed by atoms with van der Waals surface area (Å²) >= 11 is 0. The number of amides is 1. The molecule has 1 saturated heterocycles. The lowest BCUT2D eigenvalue weighted by Crippen LogP contribution is -2.29. The Hall–Kier alpha value is -2.43. The number of carbonyl (C=O) groups is 1. The lowest BCUT2D eigenvalue weighted by Gasteiger charge is -2.19. The summed E-state index contributed by atoms with van der Waals surface area (Å²) < 4.78 is 55.7. The minimum Gasteiger partial charge on any atom is -0.496 e. The van der Waals surface area contributed by atoms with Gasteiger partial charge in [-0.05, 0) is 55.7 Å². The van der Waals surface area contributed by atoms with Crippen LogP contribution in [0.5, 0.6) is 5.75 Å². The predicted molar refractivity (Wildman–Crippen MR) is 116 cm³/mol. The third kappa shape index (κ3) is 5.08. The van der Waals surface area contributed by atoms with E-state index in [9.17, 15) is 21.6 Å². The maximum Gasteiger partial charge on any atom is 0.255 e. The number of hydrogen-bond acceptors (Lipinski definition) is 6. The Morgan fingerprint density at radius 2 is 1.58 bits per heavy atom. The molecule has 10 heteroatoms. The van der Waals surface area contributed by atoms with E-state index in [0.29, 0.717) is 18.7 Å². The highest BCUT2D eigenvalue weighted by molar-refractivity contribution is 7.90. The molecule has 168 valence electrons. The van der Waals surface area contributed by atoms with Crippen molar-refractivity contribution in [2.75, 3.05) is 26.5 Å². The van der Waals surface area contributed by atoms with Crippen molar-refractivity contribution in [3.05, 3.63) is 53.6 Å². The average molecular weight is 467 g/mol. The standard InChI is InChI=1S/C21H26N2O6S2/c1-15(16-6-8-17(9-7-16)30(3,25)26)22-21(24)19-14-18(10-11-20(19)29-2)31(27,28)23-12-4-5-13-23/h6-11,14-15H,4-5,12-13H2,1-3H3,(H,22,24)/t15-/m0/s1. The van der Waals surface area contributed by atoms with Crippen LogP contribution in [0.15, 0.2) is 52.3 Å². The number of carbonyl (C=O) groups excluding carboxylic acids is 1. The van der Waals surface area contributed by atoms with Crippen LogP contribution in [0.1, 0.15) is 41.7 Å². The van der Waals surface area contributed by atoms with Gasteiger partial charge in [0.05, 0.1) is 28.5 Å². The van der Waals surface area contributed by atoms with Crippen LogP contribution >= 0.6 is 0 Å². The van der Waals surface area contributed by atoms with E-state index in [1.807, 2.05) is 0 Å². The van der Waals surface area contributed by atoms with Gasteiger partial charge in [-0.2, -0.15) is 4.31 Å². The zero-order valence-corrected chi connectivity index (χ0v) is 19.3. The van der Waals surface area contributed by atoms with E-state index in [1.54, 1.807) is 19.1 Å². The Morgan fingerprint density at radius 1 is 1.00 bits per heavy atom. The number of sulfonamides is 1. The zero-order valence-electron chi connectivity index (χ0n) is 17.7. The first-order valence-corrected chi connectivity index (χ1v) is 13.2. The Morgan fingerprint density at radius 3 is 2.13 bits per heavy atom. The van der Waals surface area contributed by atoms with Crippen molar-refractivity contribution in [2.24, 2.45) is 0 Å². The van der Waals surface area contributed by atoms with Gasteiger partial charge in [-0.1, -0.05) is 12.1 Å². The molecule has 8 nitrogen and oxygen atoms in total. The number of benzene rings is 2. The maximum atomic E-state index is 12.9. The number of methoxy groups -OCH3 is 1. The van der Waals surface area contributed by atoms with Crippen LogP contribution in [-0.4, -0.2) is 53.5 Å². The second-order valence-electron chi connectivity index (χ2n) is 7.51. The maximum absolute atomic E-state index is 12.9. The number of sulfone groups is 1. The second kappa shape index (κ2) is 8.97. The van der Waals surface area contributed by atoms with Gasteiger partial charge in [0, 0.05) is 19.3 Å². The van der Waals surface area contributed by atoms with Crippen molar-refractivity contribution in [2.45, 2.75) is 35.6 Å². The summed E-state index contributed by atoms with van der Waals surface area (Å²) in [5.74, 6) is -0.229.